The number of hydrogen-bond donors (Lipinski definition) is 1. The van der Waals surface area contributed by atoms with Crippen LogP contribution in [0.1, 0.15) is 50.5 Å². The van der Waals surface area contributed by atoms with Crippen LogP contribution in [-0.2, 0) is 25.5 Å². The van der Waals surface area contributed by atoms with Crippen molar-refractivity contribution >= 4 is 45.5 Å². The number of rotatable bonds is 12. The smallest absolute Gasteiger partial charge is 0.310 e. The number of ether oxygens (including phenoxy) is 1. The highest BCUT2D eigenvalue weighted by molar-refractivity contribution is 9.09. The number of esters is 1. The predicted molar refractivity (Wildman–Crippen MR) is 165 cm³/mol. The van der Waals surface area contributed by atoms with Gasteiger partial charge in [0.25, 0.3) is 0 Å². The number of hydrogen-bond acceptors (Lipinski definition) is 6. The van der Waals surface area contributed by atoms with Crippen molar-refractivity contribution < 1.29 is 24.2 Å². The molecule has 5 rings (SSSR count). The number of thioether (sulfide) groups is 1. The summed E-state index contributed by atoms with van der Waals surface area (Å²) >= 11 is 5.43. The minimum atomic E-state index is -0.788. The van der Waals surface area contributed by atoms with Crippen LogP contribution in [0.4, 0.5) is 0 Å². The molecule has 3 unspecified atom stereocenters. The molecule has 1 spiro atoms. The summed E-state index contributed by atoms with van der Waals surface area (Å²) in [4.78, 5) is 46.5. The molecule has 2 amide bonds. The van der Waals surface area contributed by atoms with Gasteiger partial charge in [0.15, 0.2) is 0 Å². The second kappa shape index (κ2) is 13.0. The van der Waals surface area contributed by atoms with E-state index in [2.05, 4.69) is 29.1 Å². The summed E-state index contributed by atoms with van der Waals surface area (Å²) in [5.41, 5.74) is 0.978. The van der Waals surface area contributed by atoms with E-state index in [0.29, 0.717) is 25.8 Å². The Kier molecular flexibility index (Phi) is 9.66. The van der Waals surface area contributed by atoms with Crippen LogP contribution in [-0.4, -0.2) is 85.4 Å². The maximum atomic E-state index is 14.8. The molecule has 1 saturated carbocycles. The second-order valence-electron chi connectivity index (χ2n) is 11.8. The average molecular weight is 646 g/mol. The van der Waals surface area contributed by atoms with Gasteiger partial charge in [0.1, 0.15) is 6.04 Å². The molecule has 0 aromatic heterocycles. The second-order valence-corrected chi connectivity index (χ2v) is 14.5. The van der Waals surface area contributed by atoms with Crippen LogP contribution < -0.4 is 0 Å². The van der Waals surface area contributed by atoms with Crippen LogP contribution in [0.3, 0.4) is 0 Å². The molecule has 3 heterocycles. The van der Waals surface area contributed by atoms with Crippen molar-refractivity contribution in [3.63, 3.8) is 0 Å². The summed E-state index contributed by atoms with van der Waals surface area (Å²) in [5.74, 6) is -2.04. The lowest BCUT2D eigenvalue weighted by Crippen LogP contribution is -2.59. The fourth-order valence-electron chi connectivity index (χ4n) is 7.59. The number of nitrogens with zero attached hydrogens (tertiary/aromatic N) is 2. The van der Waals surface area contributed by atoms with Crippen molar-refractivity contribution in [3.05, 3.63) is 61.2 Å². The zero-order valence-corrected chi connectivity index (χ0v) is 25.9. The van der Waals surface area contributed by atoms with E-state index >= 15 is 0 Å². The number of carbonyl (C=O) groups excluding carboxylic acids is 3. The number of carbonyl (C=O) groups is 3. The molecule has 1 aromatic carbocycles. The molecule has 4 aliphatic rings. The Morgan fingerprint density at radius 2 is 1.93 bits per heavy atom. The zero-order chi connectivity index (χ0) is 29.1. The van der Waals surface area contributed by atoms with Crippen LogP contribution in [0.15, 0.2) is 55.6 Å². The summed E-state index contributed by atoms with van der Waals surface area (Å²) < 4.78 is 4.86. The molecule has 9 heteroatoms. The van der Waals surface area contributed by atoms with Gasteiger partial charge in [0.05, 0.1) is 35.8 Å². The lowest BCUT2D eigenvalue weighted by molar-refractivity contribution is -0.154. The van der Waals surface area contributed by atoms with Crippen LogP contribution in [0.5, 0.6) is 0 Å². The first kappa shape index (κ1) is 30.4. The van der Waals surface area contributed by atoms with E-state index in [0.717, 1.165) is 37.7 Å². The van der Waals surface area contributed by atoms with Gasteiger partial charge in [-0.25, -0.2) is 0 Å². The van der Waals surface area contributed by atoms with Crippen LogP contribution in [0.2, 0.25) is 0 Å². The van der Waals surface area contributed by atoms with E-state index in [1.807, 2.05) is 35.2 Å². The number of likely N-dealkylation sites (tertiary alicyclic amines) is 1. The van der Waals surface area contributed by atoms with E-state index in [1.54, 1.807) is 28.8 Å². The number of aliphatic hydroxyl groups is 1. The molecule has 7 atom stereocenters. The topological polar surface area (TPSA) is 87.1 Å². The van der Waals surface area contributed by atoms with Crippen molar-refractivity contribution in [3.8, 4) is 0 Å². The number of halogens is 1. The van der Waals surface area contributed by atoms with Crippen molar-refractivity contribution in [2.24, 2.45) is 11.8 Å². The zero-order valence-electron chi connectivity index (χ0n) is 23.5. The van der Waals surface area contributed by atoms with Gasteiger partial charge in [0.2, 0.25) is 11.8 Å². The summed E-state index contributed by atoms with van der Waals surface area (Å²) in [6.07, 6.45) is 10.2. The lowest BCUT2D eigenvalue weighted by atomic mass is 9.71. The lowest BCUT2D eigenvalue weighted by Gasteiger charge is -2.42. The largest absolute Gasteiger partial charge is 0.465 e. The van der Waals surface area contributed by atoms with E-state index in [4.69, 9.17) is 4.74 Å². The first-order chi connectivity index (χ1) is 19.9. The quantitative estimate of drug-likeness (QED) is 0.156. The molecular formula is C32H41BrN2O5S. The van der Waals surface area contributed by atoms with Gasteiger partial charge in [-0.3, -0.25) is 14.4 Å². The first-order valence-electron chi connectivity index (χ1n) is 14.9. The van der Waals surface area contributed by atoms with Gasteiger partial charge in [-0.1, -0.05) is 77.7 Å². The van der Waals surface area contributed by atoms with Crippen LogP contribution in [0, 0.1) is 11.8 Å². The van der Waals surface area contributed by atoms with Crippen molar-refractivity contribution in [1.82, 2.24) is 9.80 Å². The van der Waals surface area contributed by atoms with Gasteiger partial charge >= 0.3 is 5.97 Å². The molecule has 4 fully saturated rings. The highest BCUT2D eigenvalue weighted by Gasteiger charge is 2.76. The number of fused-ring (bicyclic) bond motifs is 1. The molecule has 41 heavy (non-hydrogen) atoms. The fourth-order valence-corrected chi connectivity index (χ4v) is 11.2. The van der Waals surface area contributed by atoms with Gasteiger partial charge in [-0.15, -0.1) is 24.9 Å². The Morgan fingerprint density at radius 3 is 2.59 bits per heavy atom. The number of alkyl halides is 1. The normalized spacial score (nSPS) is 31.5. The highest BCUT2D eigenvalue weighted by Crippen LogP contribution is 2.68. The molecule has 0 radical (unpaired) electrons. The molecule has 222 valence electrons. The molecule has 1 N–H and O–H groups in total. The Bertz CT molecular complexity index is 1140. The number of amides is 2. The molecule has 3 saturated heterocycles. The summed E-state index contributed by atoms with van der Waals surface area (Å²) in [6.45, 7) is 7.99. The summed E-state index contributed by atoms with van der Waals surface area (Å²) in [7, 11) is 0. The average Bonchev–Trinajstić information content (AvgIpc) is 3.58. The molecule has 1 aromatic rings. The number of aliphatic hydroxyl groups excluding tert-OH is 1. The van der Waals surface area contributed by atoms with E-state index in [1.165, 1.54) is 0 Å². The van der Waals surface area contributed by atoms with Gasteiger partial charge < -0.3 is 19.6 Å². The van der Waals surface area contributed by atoms with Crippen molar-refractivity contribution in [1.29, 1.82) is 0 Å². The molecule has 3 aliphatic heterocycles. The Labute approximate surface area is 255 Å². The monoisotopic (exact) mass is 644 g/mol. The minimum absolute atomic E-state index is 0.0343. The Hall–Kier alpha value is -2.10. The maximum Gasteiger partial charge on any atom is 0.310 e. The van der Waals surface area contributed by atoms with Crippen molar-refractivity contribution in [2.45, 2.75) is 84.3 Å². The number of benzene rings is 1. The summed E-state index contributed by atoms with van der Waals surface area (Å²) in [5, 5.41) is 10.5. The standard InChI is InChI=1S/C32H41BrN2O5S/c1-3-5-17-40-31(39)25-26-29(37)35(23(20-36)18-21-12-8-6-9-13-21)28(32(26)19-24(33)27(25)41-32)30(38)34(16-4-2)22-14-10-7-11-15-22/h3-4,6,8-9,12-13,22-28,36H,1-2,5,7,10-11,14-20H2/t23-,24?,25+,26+,27+,28?,32?/m1/s1. The van der Waals surface area contributed by atoms with Gasteiger partial charge in [0, 0.05) is 22.7 Å². The Balaban J connectivity index is 1.56. The molecule has 1 aliphatic carbocycles. The van der Waals surface area contributed by atoms with Gasteiger partial charge in [-0.2, -0.15) is 0 Å². The third-order valence-corrected chi connectivity index (χ3v) is 12.6. The molecular weight excluding hydrogens is 604 g/mol. The van der Waals surface area contributed by atoms with E-state index in [-0.39, 0.29) is 47.1 Å². The van der Waals surface area contributed by atoms with Crippen molar-refractivity contribution in [2.75, 3.05) is 19.8 Å². The van der Waals surface area contributed by atoms with Crippen LogP contribution in [0.25, 0.3) is 0 Å². The summed E-state index contributed by atoms with van der Waals surface area (Å²) in [6, 6.07) is 8.45. The fraction of sp³-hybridized carbons (Fsp3) is 0.594. The Morgan fingerprint density at radius 1 is 1.20 bits per heavy atom. The third-order valence-electron chi connectivity index (χ3n) is 9.34. The van der Waals surface area contributed by atoms with Crippen LogP contribution >= 0.6 is 27.7 Å². The van der Waals surface area contributed by atoms with Gasteiger partial charge in [-0.05, 0) is 37.7 Å². The van der Waals surface area contributed by atoms with E-state index in [9.17, 15) is 19.5 Å². The highest BCUT2D eigenvalue weighted by atomic mass is 79.9. The SMILES string of the molecule is C=CCCOC(=O)[C@H]1[C@H]2C(=O)N([C@@H](CO)Cc3ccccc3)C(C(=O)N(CC=C)C3CCCCC3)C23CC(Br)[C@@H]1S3. The third kappa shape index (κ3) is 5.54. The first-order valence-corrected chi connectivity index (χ1v) is 16.6. The minimum Gasteiger partial charge on any atom is -0.465 e. The maximum absolute atomic E-state index is 14.8. The molecule has 2 bridgehead atoms. The van der Waals surface area contributed by atoms with E-state index < -0.39 is 28.7 Å². The molecule has 7 nitrogen and oxygen atoms in total. The predicted octanol–water partition coefficient (Wildman–Crippen LogP) is 4.52.